The number of hydrogen-bond acceptors (Lipinski definition) is 5. The topological polar surface area (TPSA) is 93.1 Å². The lowest BCUT2D eigenvalue weighted by Gasteiger charge is -2.22. The largest absolute Gasteiger partial charge is 0.508 e. The summed E-state index contributed by atoms with van der Waals surface area (Å²) in [6, 6.07) is 22.9. The summed E-state index contributed by atoms with van der Waals surface area (Å²) in [6.45, 7) is 6.33. The molecule has 0 bridgehead atoms. The number of rotatable bonds is 7. The molecule has 1 fully saturated rings. The number of phenolic OH excluding ortho intramolecular Hbond substituents is 1. The standard InChI is InChI=1S/C27H30ClN3O2.C2HF3O2/c28-25-11-7-21(8-12-25)18-29-27(33)24-9-5-22(6-10-24)19-30-13-2-14-31(16-15-30)20-23-3-1-4-26(32)17-23;3-2(4,5)1(6)7/h1,3-12,17,32H,2,13-16,18-20H2,(H,29,33);(H,6,7). The van der Waals surface area contributed by atoms with Gasteiger partial charge < -0.3 is 15.5 Å². The second-order valence-corrected chi connectivity index (χ2v) is 9.82. The maximum Gasteiger partial charge on any atom is 0.490 e. The molecule has 11 heteroatoms. The molecular formula is C29H31ClF3N3O4. The van der Waals surface area contributed by atoms with E-state index in [0.717, 1.165) is 56.8 Å². The molecule has 1 amide bonds. The SMILES string of the molecule is O=C(NCc1ccc(Cl)cc1)c1ccc(CN2CCCN(Cc3cccc(O)c3)CC2)cc1.O=C(O)C(F)(F)F. The summed E-state index contributed by atoms with van der Waals surface area (Å²) in [4.78, 5) is 26.3. The van der Waals surface area contributed by atoms with Crippen LogP contribution in [0, 0.1) is 0 Å². The minimum Gasteiger partial charge on any atom is -0.508 e. The number of amides is 1. The van der Waals surface area contributed by atoms with Crippen LogP contribution in [0.15, 0.2) is 72.8 Å². The maximum atomic E-state index is 12.5. The van der Waals surface area contributed by atoms with E-state index in [1.165, 1.54) is 5.56 Å². The Bertz CT molecular complexity index is 1250. The molecule has 4 rings (SSSR count). The normalized spacial score (nSPS) is 14.5. The van der Waals surface area contributed by atoms with E-state index in [-0.39, 0.29) is 5.91 Å². The molecule has 214 valence electrons. The van der Waals surface area contributed by atoms with Crippen LogP contribution in [0.25, 0.3) is 0 Å². The summed E-state index contributed by atoms with van der Waals surface area (Å²) in [7, 11) is 0. The summed E-state index contributed by atoms with van der Waals surface area (Å²) < 4.78 is 31.7. The number of aliphatic carboxylic acids is 1. The maximum absolute atomic E-state index is 12.5. The lowest BCUT2D eigenvalue weighted by Crippen LogP contribution is -2.30. The molecular weight excluding hydrogens is 547 g/mol. The molecule has 40 heavy (non-hydrogen) atoms. The fraction of sp³-hybridized carbons (Fsp3) is 0.310. The van der Waals surface area contributed by atoms with E-state index in [1.54, 1.807) is 6.07 Å². The number of benzene rings is 3. The monoisotopic (exact) mass is 577 g/mol. The van der Waals surface area contributed by atoms with Gasteiger partial charge in [0.1, 0.15) is 5.75 Å². The third-order valence-electron chi connectivity index (χ3n) is 6.23. The number of halogens is 4. The van der Waals surface area contributed by atoms with Crippen LogP contribution in [-0.2, 0) is 24.4 Å². The summed E-state index contributed by atoms with van der Waals surface area (Å²) >= 11 is 5.91. The van der Waals surface area contributed by atoms with Crippen LogP contribution in [0.1, 0.15) is 33.5 Å². The average Bonchev–Trinajstić information content (AvgIpc) is 3.13. The van der Waals surface area contributed by atoms with Crippen molar-refractivity contribution in [2.24, 2.45) is 0 Å². The zero-order chi connectivity index (χ0) is 29.1. The Hall–Kier alpha value is -3.60. The average molecular weight is 578 g/mol. The van der Waals surface area contributed by atoms with Crippen LogP contribution in [0.3, 0.4) is 0 Å². The van der Waals surface area contributed by atoms with Crippen LogP contribution in [0.5, 0.6) is 5.75 Å². The molecule has 0 radical (unpaired) electrons. The molecule has 1 saturated heterocycles. The van der Waals surface area contributed by atoms with Crippen LogP contribution in [0.4, 0.5) is 13.2 Å². The second kappa shape index (κ2) is 14.7. The molecule has 0 aromatic heterocycles. The predicted octanol–water partition coefficient (Wildman–Crippen LogP) is 5.32. The Morgan fingerprint density at radius 2 is 1.38 bits per heavy atom. The fourth-order valence-corrected chi connectivity index (χ4v) is 4.29. The van der Waals surface area contributed by atoms with Crippen molar-refractivity contribution in [1.82, 2.24) is 15.1 Å². The Labute approximate surface area is 235 Å². The number of aromatic hydroxyl groups is 1. The van der Waals surface area contributed by atoms with Gasteiger partial charge in [0.05, 0.1) is 0 Å². The number of nitrogens with zero attached hydrogens (tertiary/aromatic N) is 2. The first-order valence-electron chi connectivity index (χ1n) is 12.6. The lowest BCUT2D eigenvalue weighted by atomic mass is 10.1. The zero-order valence-electron chi connectivity index (χ0n) is 21.7. The number of hydrogen-bond donors (Lipinski definition) is 3. The number of carboxylic acid groups (broad SMARTS) is 1. The predicted molar refractivity (Wildman–Crippen MR) is 146 cm³/mol. The van der Waals surface area contributed by atoms with E-state index >= 15 is 0 Å². The first kappa shape index (κ1) is 30.9. The van der Waals surface area contributed by atoms with Crippen LogP contribution in [-0.4, -0.2) is 64.2 Å². The smallest absolute Gasteiger partial charge is 0.490 e. The molecule has 0 saturated carbocycles. The Balaban J connectivity index is 0.000000559. The van der Waals surface area contributed by atoms with E-state index in [9.17, 15) is 23.1 Å². The quantitative estimate of drug-likeness (QED) is 0.352. The number of alkyl halides is 3. The summed E-state index contributed by atoms with van der Waals surface area (Å²) in [6.07, 6.45) is -3.97. The zero-order valence-corrected chi connectivity index (χ0v) is 22.5. The third kappa shape index (κ3) is 10.5. The molecule has 3 aromatic carbocycles. The number of carbonyl (C=O) groups excluding carboxylic acids is 1. The van der Waals surface area contributed by atoms with Gasteiger partial charge in [-0.05, 0) is 72.6 Å². The minimum atomic E-state index is -5.08. The molecule has 0 spiro atoms. The van der Waals surface area contributed by atoms with Crippen molar-refractivity contribution in [3.05, 3.63) is 100 Å². The van der Waals surface area contributed by atoms with Gasteiger partial charge in [-0.3, -0.25) is 14.6 Å². The van der Waals surface area contributed by atoms with Gasteiger partial charge in [0.2, 0.25) is 0 Å². The minimum absolute atomic E-state index is 0.0751. The van der Waals surface area contributed by atoms with Crippen molar-refractivity contribution in [3.8, 4) is 5.75 Å². The highest BCUT2D eigenvalue weighted by Crippen LogP contribution is 2.16. The van der Waals surface area contributed by atoms with Gasteiger partial charge in [-0.15, -0.1) is 0 Å². The Morgan fingerprint density at radius 1 is 0.825 bits per heavy atom. The first-order valence-corrected chi connectivity index (χ1v) is 13.0. The molecule has 1 heterocycles. The Morgan fingerprint density at radius 3 is 1.93 bits per heavy atom. The van der Waals surface area contributed by atoms with Gasteiger partial charge in [0.15, 0.2) is 0 Å². The van der Waals surface area contributed by atoms with Crippen molar-refractivity contribution < 1.29 is 33.0 Å². The van der Waals surface area contributed by atoms with Crippen molar-refractivity contribution in [2.45, 2.75) is 32.2 Å². The number of nitrogens with one attached hydrogen (secondary N) is 1. The van der Waals surface area contributed by atoms with E-state index in [4.69, 9.17) is 21.5 Å². The molecule has 1 aliphatic heterocycles. The number of carboxylic acids is 1. The molecule has 3 aromatic rings. The van der Waals surface area contributed by atoms with Crippen molar-refractivity contribution in [1.29, 1.82) is 0 Å². The van der Waals surface area contributed by atoms with Crippen molar-refractivity contribution >= 4 is 23.5 Å². The molecule has 0 aliphatic carbocycles. The lowest BCUT2D eigenvalue weighted by molar-refractivity contribution is -0.192. The molecule has 0 unspecified atom stereocenters. The highest BCUT2D eigenvalue weighted by atomic mass is 35.5. The van der Waals surface area contributed by atoms with E-state index < -0.39 is 12.1 Å². The van der Waals surface area contributed by atoms with Gasteiger partial charge >= 0.3 is 12.1 Å². The van der Waals surface area contributed by atoms with Gasteiger partial charge in [0.25, 0.3) is 5.91 Å². The highest BCUT2D eigenvalue weighted by Gasteiger charge is 2.38. The van der Waals surface area contributed by atoms with E-state index in [0.29, 0.717) is 22.9 Å². The summed E-state index contributed by atoms with van der Waals surface area (Å²) in [5.41, 5.74) is 4.04. The first-order chi connectivity index (χ1) is 19.0. The molecule has 1 aliphatic rings. The van der Waals surface area contributed by atoms with Crippen molar-refractivity contribution in [2.75, 3.05) is 26.2 Å². The number of carbonyl (C=O) groups is 2. The Kier molecular flexibility index (Phi) is 11.4. The van der Waals surface area contributed by atoms with Gasteiger partial charge in [-0.1, -0.05) is 48.0 Å². The molecule has 0 atom stereocenters. The fourth-order valence-electron chi connectivity index (χ4n) is 4.16. The number of phenols is 1. The van der Waals surface area contributed by atoms with E-state index in [2.05, 4.69) is 21.2 Å². The van der Waals surface area contributed by atoms with Crippen molar-refractivity contribution in [3.63, 3.8) is 0 Å². The van der Waals surface area contributed by atoms with Crippen LogP contribution < -0.4 is 5.32 Å². The van der Waals surface area contributed by atoms with Crippen LogP contribution >= 0.6 is 11.6 Å². The van der Waals surface area contributed by atoms with Gasteiger partial charge in [0, 0.05) is 43.3 Å². The third-order valence-corrected chi connectivity index (χ3v) is 6.48. The summed E-state index contributed by atoms with van der Waals surface area (Å²) in [5.74, 6) is -2.51. The van der Waals surface area contributed by atoms with Crippen LogP contribution in [0.2, 0.25) is 5.02 Å². The van der Waals surface area contributed by atoms with Gasteiger partial charge in [-0.2, -0.15) is 13.2 Å². The van der Waals surface area contributed by atoms with Gasteiger partial charge in [-0.25, -0.2) is 4.79 Å². The molecule has 3 N–H and O–H groups in total. The summed E-state index contributed by atoms with van der Waals surface area (Å²) in [5, 5.41) is 20.5. The van der Waals surface area contributed by atoms with E-state index in [1.807, 2.05) is 60.7 Å². The second-order valence-electron chi connectivity index (χ2n) is 9.38. The highest BCUT2D eigenvalue weighted by molar-refractivity contribution is 6.30. The molecule has 7 nitrogen and oxygen atoms in total.